The topological polar surface area (TPSA) is 74.6 Å². The first-order valence-corrected chi connectivity index (χ1v) is 5.77. The fourth-order valence-corrected chi connectivity index (χ4v) is 4.12. The number of rotatable bonds is 2. The zero-order valence-corrected chi connectivity index (χ0v) is 8.85. The van der Waals surface area contributed by atoms with Crippen LogP contribution in [0.1, 0.15) is 25.7 Å². The van der Waals surface area contributed by atoms with E-state index in [0.717, 1.165) is 24.8 Å². The van der Waals surface area contributed by atoms with Gasteiger partial charge in [-0.1, -0.05) is 5.57 Å². The van der Waals surface area contributed by atoms with Crippen molar-refractivity contribution in [1.29, 1.82) is 0 Å². The predicted molar refractivity (Wildman–Crippen MR) is 54.7 cm³/mol. The maximum atomic E-state index is 11.1. The van der Waals surface area contributed by atoms with E-state index in [9.17, 15) is 9.59 Å². The lowest BCUT2D eigenvalue weighted by Crippen LogP contribution is -2.27. The highest BCUT2D eigenvalue weighted by Gasteiger charge is 2.54. The van der Waals surface area contributed by atoms with Gasteiger partial charge < -0.3 is 10.2 Å². The van der Waals surface area contributed by atoms with Crippen molar-refractivity contribution < 1.29 is 19.8 Å². The zero-order chi connectivity index (χ0) is 11.4. The lowest BCUT2D eigenvalue weighted by atomic mass is 9.78. The summed E-state index contributed by atoms with van der Waals surface area (Å²) < 4.78 is 0. The summed E-state index contributed by atoms with van der Waals surface area (Å²) in [5, 5.41) is 18.2. The van der Waals surface area contributed by atoms with Crippen LogP contribution >= 0.6 is 0 Å². The molecule has 2 bridgehead atoms. The highest BCUT2D eigenvalue weighted by molar-refractivity contribution is 5.89. The number of hydrogen-bond donors (Lipinski definition) is 2. The Bertz CT molecular complexity index is 409. The summed E-state index contributed by atoms with van der Waals surface area (Å²) in [6.07, 6.45) is 3.01. The van der Waals surface area contributed by atoms with Gasteiger partial charge in [-0.2, -0.15) is 0 Å². The minimum atomic E-state index is -0.797. The third-order valence-electron chi connectivity index (χ3n) is 4.62. The van der Waals surface area contributed by atoms with Gasteiger partial charge in [0.05, 0.1) is 5.92 Å². The number of aliphatic carboxylic acids is 2. The van der Waals surface area contributed by atoms with E-state index in [1.165, 1.54) is 0 Å². The van der Waals surface area contributed by atoms with E-state index in [4.69, 9.17) is 10.2 Å². The van der Waals surface area contributed by atoms with Crippen LogP contribution < -0.4 is 0 Å². The molecule has 0 aromatic carbocycles. The molecule has 3 aliphatic carbocycles. The van der Waals surface area contributed by atoms with E-state index in [2.05, 4.69) is 0 Å². The molecule has 2 fully saturated rings. The van der Waals surface area contributed by atoms with Gasteiger partial charge in [0.2, 0.25) is 0 Å². The van der Waals surface area contributed by atoms with Crippen LogP contribution in [-0.2, 0) is 9.59 Å². The molecule has 0 spiro atoms. The second-order valence-electron chi connectivity index (χ2n) is 5.18. The second-order valence-corrected chi connectivity index (χ2v) is 5.18. The quantitative estimate of drug-likeness (QED) is 0.742. The molecule has 0 radical (unpaired) electrons. The molecule has 0 heterocycles. The maximum Gasteiger partial charge on any atom is 0.331 e. The number of carboxylic acids is 2. The Morgan fingerprint density at radius 1 is 1.12 bits per heavy atom. The zero-order valence-electron chi connectivity index (χ0n) is 8.85. The number of carboxylic acid groups (broad SMARTS) is 2. The molecule has 0 saturated heterocycles. The third kappa shape index (κ3) is 1.10. The molecular formula is C12H14O4. The van der Waals surface area contributed by atoms with E-state index in [1.807, 2.05) is 0 Å². The molecule has 4 atom stereocenters. The summed E-state index contributed by atoms with van der Waals surface area (Å²) in [6.45, 7) is 0. The van der Waals surface area contributed by atoms with Crippen LogP contribution in [0, 0.1) is 23.7 Å². The van der Waals surface area contributed by atoms with Gasteiger partial charge in [0.1, 0.15) is 0 Å². The molecular weight excluding hydrogens is 208 g/mol. The van der Waals surface area contributed by atoms with Gasteiger partial charge in [0.15, 0.2) is 0 Å². The van der Waals surface area contributed by atoms with Crippen molar-refractivity contribution in [2.75, 3.05) is 0 Å². The fraction of sp³-hybridized carbons (Fsp3) is 0.667. The lowest BCUT2D eigenvalue weighted by molar-refractivity contribution is -0.143. The third-order valence-corrected chi connectivity index (χ3v) is 4.62. The fourth-order valence-electron chi connectivity index (χ4n) is 4.12. The van der Waals surface area contributed by atoms with E-state index in [0.29, 0.717) is 12.0 Å². The molecule has 0 aliphatic heterocycles. The van der Waals surface area contributed by atoms with E-state index in [-0.39, 0.29) is 23.7 Å². The Labute approximate surface area is 93.0 Å². The Hall–Kier alpha value is -1.32. The minimum Gasteiger partial charge on any atom is -0.481 e. The number of fused-ring (bicyclic) bond motifs is 5. The van der Waals surface area contributed by atoms with Crippen molar-refractivity contribution in [2.45, 2.75) is 25.7 Å². The molecule has 4 heteroatoms. The summed E-state index contributed by atoms with van der Waals surface area (Å²) >= 11 is 0. The summed E-state index contributed by atoms with van der Waals surface area (Å²) in [7, 11) is 0. The van der Waals surface area contributed by atoms with E-state index in [1.54, 1.807) is 0 Å². The summed E-state index contributed by atoms with van der Waals surface area (Å²) in [5.41, 5.74) is 1.64. The van der Waals surface area contributed by atoms with Gasteiger partial charge in [0.25, 0.3) is 0 Å². The van der Waals surface area contributed by atoms with Gasteiger partial charge in [-0.3, -0.25) is 4.79 Å². The van der Waals surface area contributed by atoms with Gasteiger partial charge in [-0.15, -0.1) is 0 Å². The van der Waals surface area contributed by atoms with Gasteiger partial charge in [-0.05, 0) is 43.4 Å². The maximum absolute atomic E-state index is 11.1. The van der Waals surface area contributed by atoms with E-state index < -0.39 is 11.9 Å². The molecule has 3 aliphatic rings. The molecule has 2 N–H and O–H groups in total. The minimum absolute atomic E-state index is 0.218. The molecule has 0 aromatic heterocycles. The summed E-state index contributed by atoms with van der Waals surface area (Å²) in [4.78, 5) is 22.1. The van der Waals surface area contributed by atoms with Crippen LogP contribution in [0.5, 0.6) is 0 Å². The molecule has 16 heavy (non-hydrogen) atoms. The van der Waals surface area contributed by atoms with Crippen LogP contribution in [-0.4, -0.2) is 22.2 Å². The summed E-state index contributed by atoms with van der Waals surface area (Å²) in [6, 6.07) is 0. The number of allylic oxidation sites excluding steroid dienone is 1. The van der Waals surface area contributed by atoms with Gasteiger partial charge >= 0.3 is 11.9 Å². The first kappa shape index (κ1) is 9.87. The van der Waals surface area contributed by atoms with E-state index >= 15 is 0 Å². The molecule has 2 saturated carbocycles. The molecule has 3 rings (SSSR count). The van der Waals surface area contributed by atoms with Crippen molar-refractivity contribution in [2.24, 2.45) is 23.7 Å². The first-order chi connectivity index (χ1) is 7.59. The standard InChI is InChI=1S/C12H14O4/c13-11(14)7-2-1-6-8-3-5(10(6)7)4-9(8)12(15)16/h5-7,10H,1-4H2,(H,13,14)(H,15,16). The van der Waals surface area contributed by atoms with Crippen LogP contribution in [0.15, 0.2) is 11.1 Å². The molecule has 4 unspecified atom stereocenters. The van der Waals surface area contributed by atoms with Crippen molar-refractivity contribution >= 4 is 11.9 Å². The molecule has 86 valence electrons. The average molecular weight is 222 g/mol. The molecule has 4 nitrogen and oxygen atoms in total. The van der Waals surface area contributed by atoms with Crippen LogP contribution in [0.25, 0.3) is 0 Å². The Morgan fingerprint density at radius 3 is 2.50 bits per heavy atom. The normalized spacial score (nSPS) is 40.2. The van der Waals surface area contributed by atoms with Gasteiger partial charge in [0, 0.05) is 5.57 Å². The predicted octanol–water partition coefficient (Wildman–Crippen LogP) is 1.52. The Balaban J connectivity index is 1.94. The van der Waals surface area contributed by atoms with Gasteiger partial charge in [-0.25, -0.2) is 4.79 Å². The van der Waals surface area contributed by atoms with Crippen molar-refractivity contribution in [3.63, 3.8) is 0 Å². The van der Waals surface area contributed by atoms with Crippen LogP contribution in [0.3, 0.4) is 0 Å². The largest absolute Gasteiger partial charge is 0.481 e. The van der Waals surface area contributed by atoms with Crippen LogP contribution in [0.4, 0.5) is 0 Å². The highest BCUT2D eigenvalue weighted by Crippen LogP contribution is 2.60. The van der Waals surface area contributed by atoms with Crippen molar-refractivity contribution in [3.05, 3.63) is 11.1 Å². The Kier molecular flexibility index (Phi) is 1.91. The SMILES string of the molecule is O=C(O)C1=C2CC(C1)C1C(C(=O)O)CCC21. The molecule has 0 aromatic rings. The van der Waals surface area contributed by atoms with Crippen molar-refractivity contribution in [3.8, 4) is 0 Å². The monoisotopic (exact) mass is 222 g/mol. The smallest absolute Gasteiger partial charge is 0.331 e. The number of carbonyl (C=O) groups is 2. The highest BCUT2D eigenvalue weighted by atomic mass is 16.4. The Morgan fingerprint density at radius 2 is 1.88 bits per heavy atom. The number of hydrogen-bond acceptors (Lipinski definition) is 2. The second kappa shape index (κ2) is 3.09. The first-order valence-electron chi connectivity index (χ1n) is 5.77. The van der Waals surface area contributed by atoms with Crippen molar-refractivity contribution in [1.82, 2.24) is 0 Å². The summed E-state index contributed by atoms with van der Waals surface area (Å²) in [5.74, 6) is -0.966. The average Bonchev–Trinajstić information content (AvgIpc) is 2.87. The lowest BCUT2D eigenvalue weighted by Gasteiger charge is -2.25. The molecule has 0 amide bonds. The van der Waals surface area contributed by atoms with Crippen LogP contribution in [0.2, 0.25) is 0 Å².